The summed E-state index contributed by atoms with van der Waals surface area (Å²) in [6, 6.07) is 7.46. The largest absolute Gasteiger partial charge is 0.459 e. The first-order valence-corrected chi connectivity index (χ1v) is 10.3. The van der Waals surface area contributed by atoms with Gasteiger partial charge in [0.25, 0.3) is 11.8 Å². The molecule has 9 heteroatoms. The second-order valence-electron chi connectivity index (χ2n) is 7.92. The number of aliphatic hydroxyl groups excluding tert-OH is 1. The predicted molar refractivity (Wildman–Crippen MR) is 108 cm³/mol. The Bertz CT molecular complexity index is 939. The lowest BCUT2D eigenvalue weighted by molar-refractivity contribution is -0.125. The van der Waals surface area contributed by atoms with Crippen LogP contribution in [0, 0.1) is 5.82 Å². The normalized spacial score (nSPS) is 21.9. The molecule has 0 saturated carbocycles. The molecule has 4 rings (SSSR count). The van der Waals surface area contributed by atoms with Crippen molar-refractivity contribution in [2.45, 2.75) is 37.5 Å². The number of hydrogen-bond acceptors (Lipinski definition) is 5. The minimum absolute atomic E-state index is 0.0460. The lowest BCUT2D eigenvalue weighted by atomic mass is 10.0. The minimum atomic E-state index is -0.798. The fourth-order valence-corrected chi connectivity index (χ4v) is 4.13. The number of halogens is 1. The second-order valence-corrected chi connectivity index (χ2v) is 7.92. The third-order valence-electron chi connectivity index (χ3n) is 5.79. The number of rotatable bonds is 4. The number of nitrogens with one attached hydrogen (secondary N) is 1. The van der Waals surface area contributed by atoms with Gasteiger partial charge in [0.15, 0.2) is 5.76 Å². The SMILES string of the molecule is O=C(NC1CCN(C(=O)c2ccco2)CC1)C1CC(O)CN1C(=O)c1ccc(F)cc1. The summed E-state index contributed by atoms with van der Waals surface area (Å²) in [6.45, 7) is 1.01. The molecule has 2 unspecified atom stereocenters. The lowest BCUT2D eigenvalue weighted by Crippen LogP contribution is -2.52. The van der Waals surface area contributed by atoms with Crippen molar-refractivity contribution in [1.29, 1.82) is 0 Å². The van der Waals surface area contributed by atoms with Crippen LogP contribution in [0.15, 0.2) is 47.1 Å². The van der Waals surface area contributed by atoms with Gasteiger partial charge in [-0.25, -0.2) is 4.39 Å². The maximum atomic E-state index is 13.2. The van der Waals surface area contributed by atoms with Crippen molar-refractivity contribution in [3.8, 4) is 0 Å². The Morgan fingerprint density at radius 1 is 1.06 bits per heavy atom. The van der Waals surface area contributed by atoms with E-state index in [-0.39, 0.29) is 42.1 Å². The third kappa shape index (κ3) is 4.61. The molecule has 0 spiro atoms. The van der Waals surface area contributed by atoms with Gasteiger partial charge in [0.1, 0.15) is 11.9 Å². The van der Waals surface area contributed by atoms with Crippen molar-refractivity contribution in [2.24, 2.45) is 0 Å². The molecular formula is C22H24FN3O5. The maximum absolute atomic E-state index is 13.2. The van der Waals surface area contributed by atoms with Crippen molar-refractivity contribution in [3.63, 3.8) is 0 Å². The van der Waals surface area contributed by atoms with Crippen LogP contribution in [0.5, 0.6) is 0 Å². The number of carbonyl (C=O) groups excluding carboxylic acids is 3. The average Bonchev–Trinajstić information content (AvgIpc) is 3.44. The summed E-state index contributed by atoms with van der Waals surface area (Å²) in [6.07, 6.45) is 1.97. The van der Waals surface area contributed by atoms with Gasteiger partial charge in [0, 0.05) is 37.7 Å². The van der Waals surface area contributed by atoms with Gasteiger partial charge in [-0.3, -0.25) is 14.4 Å². The molecule has 0 aliphatic carbocycles. The highest BCUT2D eigenvalue weighted by molar-refractivity contribution is 5.98. The monoisotopic (exact) mass is 429 g/mol. The Kier molecular flexibility index (Phi) is 6.03. The number of amides is 3. The van der Waals surface area contributed by atoms with Crippen LogP contribution in [0.25, 0.3) is 0 Å². The number of carbonyl (C=O) groups is 3. The van der Waals surface area contributed by atoms with Crippen molar-refractivity contribution >= 4 is 17.7 Å². The number of hydrogen-bond donors (Lipinski definition) is 2. The molecule has 2 fully saturated rings. The van der Waals surface area contributed by atoms with E-state index in [0.29, 0.717) is 25.9 Å². The molecule has 2 N–H and O–H groups in total. The second kappa shape index (κ2) is 8.89. The number of nitrogens with zero attached hydrogens (tertiary/aromatic N) is 2. The topological polar surface area (TPSA) is 103 Å². The van der Waals surface area contributed by atoms with E-state index < -0.39 is 23.9 Å². The summed E-state index contributed by atoms with van der Waals surface area (Å²) in [5.74, 6) is -1.09. The van der Waals surface area contributed by atoms with E-state index in [4.69, 9.17) is 4.42 Å². The van der Waals surface area contributed by atoms with Gasteiger partial charge in [-0.1, -0.05) is 0 Å². The van der Waals surface area contributed by atoms with Gasteiger partial charge in [-0.05, 0) is 49.2 Å². The molecule has 1 aromatic carbocycles. The molecule has 2 saturated heterocycles. The summed E-state index contributed by atoms with van der Waals surface area (Å²) in [5, 5.41) is 13.0. The quantitative estimate of drug-likeness (QED) is 0.765. The molecule has 0 radical (unpaired) electrons. The molecule has 1 aromatic heterocycles. The molecule has 2 aromatic rings. The molecular weight excluding hydrogens is 405 g/mol. The Labute approximate surface area is 178 Å². The Morgan fingerprint density at radius 3 is 2.42 bits per heavy atom. The molecule has 31 heavy (non-hydrogen) atoms. The van der Waals surface area contributed by atoms with Gasteiger partial charge in [0.05, 0.1) is 12.4 Å². The van der Waals surface area contributed by atoms with E-state index in [2.05, 4.69) is 5.32 Å². The van der Waals surface area contributed by atoms with Crippen LogP contribution in [-0.4, -0.2) is 70.4 Å². The van der Waals surface area contributed by atoms with Gasteiger partial charge in [-0.15, -0.1) is 0 Å². The number of likely N-dealkylation sites (tertiary alicyclic amines) is 2. The van der Waals surface area contributed by atoms with Crippen LogP contribution >= 0.6 is 0 Å². The Hall–Kier alpha value is -3.20. The number of aliphatic hydroxyl groups is 1. The number of furan rings is 1. The first-order chi connectivity index (χ1) is 14.9. The maximum Gasteiger partial charge on any atom is 0.289 e. The molecule has 0 bridgehead atoms. The highest BCUT2D eigenvalue weighted by Gasteiger charge is 2.40. The van der Waals surface area contributed by atoms with Crippen LogP contribution in [0.4, 0.5) is 4.39 Å². The number of piperidine rings is 1. The highest BCUT2D eigenvalue weighted by atomic mass is 19.1. The molecule has 8 nitrogen and oxygen atoms in total. The van der Waals surface area contributed by atoms with Crippen LogP contribution < -0.4 is 5.32 Å². The minimum Gasteiger partial charge on any atom is -0.459 e. The van der Waals surface area contributed by atoms with Gasteiger partial charge in [-0.2, -0.15) is 0 Å². The summed E-state index contributed by atoms with van der Waals surface area (Å²) in [5.41, 5.74) is 0.262. The average molecular weight is 429 g/mol. The first kappa shape index (κ1) is 21.0. The van der Waals surface area contributed by atoms with Crippen molar-refractivity contribution in [3.05, 3.63) is 59.8 Å². The summed E-state index contributed by atoms with van der Waals surface area (Å²) >= 11 is 0. The molecule has 3 amide bonds. The van der Waals surface area contributed by atoms with E-state index in [1.165, 1.54) is 35.4 Å². The van der Waals surface area contributed by atoms with Crippen LogP contribution in [0.3, 0.4) is 0 Å². The zero-order valence-electron chi connectivity index (χ0n) is 16.9. The van der Waals surface area contributed by atoms with Crippen molar-refractivity contribution in [2.75, 3.05) is 19.6 Å². The number of benzene rings is 1. The molecule has 164 valence electrons. The fourth-order valence-electron chi connectivity index (χ4n) is 4.13. The third-order valence-corrected chi connectivity index (χ3v) is 5.79. The standard InChI is InChI=1S/C22H24FN3O5/c23-15-5-3-14(4-6-15)21(29)26-13-17(27)12-18(26)20(28)24-16-7-9-25(10-8-16)22(30)19-2-1-11-31-19/h1-6,11,16-18,27H,7-10,12-13H2,(H,24,28). The zero-order chi connectivity index (χ0) is 22.0. The Morgan fingerprint density at radius 2 is 1.77 bits per heavy atom. The van der Waals surface area contributed by atoms with E-state index in [1.54, 1.807) is 17.0 Å². The van der Waals surface area contributed by atoms with E-state index >= 15 is 0 Å². The van der Waals surface area contributed by atoms with Gasteiger partial charge < -0.3 is 24.6 Å². The van der Waals surface area contributed by atoms with Crippen LogP contribution in [0.2, 0.25) is 0 Å². The lowest BCUT2D eigenvalue weighted by Gasteiger charge is -2.33. The highest BCUT2D eigenvalue weighted by Crippen LogP contribution is 2.22. The van der Waals surface area contributed by atoms with E-state index in [0.717, 1.165) is 0 Å². The van der Waals surface area contributed by atoms with Crippen molar-refractivity contribution < 1.29 is 28.3 Å². The summed E-state index contributed by atoms with van der Waals surface area (Å²) in [4.78, 5) is 41.1. The van der Waals surface area contributed by atoms with E-state index in [9.17, 15) is 23.9 Å². The molecule has 3 heterocycles. The smallest absolute Gasteiger partial charge is 0.289 e. The number of β-amino-alcohol motifs (C(OH)–C–C–N with tert-alkyl or cyclic N) is 1. The van der Waals surface area contributed by atoms with E-state index in [1.807, 2.05) is 0 Å². The zero-order valence-corrected chi connectivity index (χ0v) is 16.9. The van der Waals surface area contributed by atoms with Crippen LogP contribution in [-0.2, 0) is 4.79 Å². The summed E-state index contributed by atoms with van der Waals surface area (Å²) in [7, 11) is 0. The van der Waals surface area contributed by atoms with Crippen molar-refractivity contribution in [1.82, 2.24) is 15.1 Å². The van der Waals surface area contributed by atoms with Gasteiger partial charge >= 0.3 is 0 Å². The molecule has 2 atom stereocenters. The Balaban J connectivity index is 1.34. The summed E-state index contributed by atoms with van der Waals surface area (Å²) < 4.78 is 18.3. The fraction of sp³-hybridized carbons (Fsp3) is 0.409. The van der Waals surface area contributed by atoms with Crippen LogP contribution in [0.1, 0.15) is 40.2 Å². The van der Waals surface area contributed by atoms with Gasteiger partial charge in [0.2, 0.25) is 5.91 Å². The molecule has 2 aliphatic rings. The molecule has 2 aliphatic heterocycles. The first-order valence-electron chi connectivity index (χ1n) is 10.3. The predicted octanol–water partition coefficient (Wildman–Crippen LogP) is 1.42.